The second-order valence-electron chi connectivity index (χ2n) is 6.47. The molecule has 1 unspecified atom stereocenters. The molecule has 1 amide bonds. The molecule has 2 aromatic heterocycles. The maximum absolute atomic E-state index is 13.0. The number of carbonyl (C=O) groups excluding carboxylic acids is 1. The molecule has 1 atom stereocenters. The average Bonchev–Trinajstić information content (AvgIpc) is 3.00. The van der Waals surface area contributed by atoms with Crippen molar-refractivity contribution in [3.8, 4) is 0 Å². The summed E-state index contributed by atoms with van der Waals surface area (Å²) in [5, 5.41) is 17.4. The van der Waals surface area contributed by atoms with E-state index in [1.165, 1.54) is 24.3 Å². The van der Waals surface area contributed by atoms with Gasteiger partial charge in [0.05, 0.1) is 22.7 Å². The van der Waals surface area contributed by atoms with E-state index in [4.69, 9.17) is 4.52 Å². The molecule has 0 fully saturated rings. The number of halogens is 1. The van der Waals surface area contributed by atoms with Crippen LogP contribution in [-0.2, 0) is 0 Å². The number of aliphatic hydroxyl groups is 1. The molecule has 0 aliphatic carbocycles. The van der Waals surface area contributed by atoms with Crippen LogP contribution in [0.25, 0.3) is 11.1 Å². The lowest BCUT2D eigenvalue weighted by molar-refractivity contribution is 0.0917. The number of carbonyl (C=O) groups is 1. The minimum absolute atomic E-state index is 0.00434. The summed E-state index contributed by atoms with van der Waals surface area (Å²) in [5.41, 5.74) is 2.54. The summed E-state index contributed by atoms with van der Waals surface area (Å²) in [6, 6.07) is 7.22. The smallest absolute Gasteiger partial charge is 0.259 e. The predicted octanol–water partition coefficient (Wildman–Crippen LogP) is 3.26. The van der Waals surface area contributed by atoms with Crippen LogP contribution in [0, 0.1) is 12.7 Å². The molecule has 6 nitrogen and oxygen atoms in total. The van der Waals surface area contributed by atoms with E-state index < -0.39 is 6.10 Å². The standard InChI is InChI=1S/C19H20FN3O3/c1-10(2)15-8-14(17-11(3)23-26-19(17)22-15)18(25)21-9-16(24)12-4-6-13(20)7-5-12/h4-8,10,16,24H,9H2,1-3H3,(H,21,25). The Morgan fingerprint density at radius 2 is 2.00 bits per heavy atom. The molecule has 2 N–H and O–H groups in total. The Bertz CT molecular complexity index is 935. The van der Waals surface area contributed by atoms with Crippen LogP contribution >= 0.6 is 0 Å². The molecule has 7 heteroatoms. The van der Waals surface area contributed by atoms with Gasteiger partial charge in [-0.1, -0.05) is 31.1 Å². The van der Waals surface area contributed by atoms with Gasteiger partial charge in [-0.25, -0.2) is 9.37 Å². The first-order chi connectivity index (χ1) is 12.4. The van der Waals surface area contributed by atoms with Gasteiger partial charge >= 0.3 is 0 Å². The van der Waals surface area contributed by atoms with E-state index in [1.54, 1.807) is 13.0 Å². The molecule has 2 heterocycles. The Balaban J connectivity index is 1.83. The van der Waals surface area contributed by atoms with Crippen LogP contribution in [0.3, 0.4) is 0 Å². The van der Waals surface area contributed by atoms with Crippen LogP contribution in [0.5, 0.6) is 0 Å². The summed E-state index contributed by atoms with van der Waals surface area (Å²) < 4.78 is 18.2. The fraction of sp³-hybridized carbons (Fsp3) is 0.316. The lowest BCUT2D eigenvalue weighted by atomic mass is 10.0. The number of rotatable bonds is 5. The zero-order chi connectivity index (χ0) is 18.8. The second kappa shape index (κ2) is 7.21. The Hall–Kier alpha value is -2.80. The largest absolute Gasteiger partial charge is 0.387 e. The van der Waals surface area contributed by atoms with Gasteiger partial charge in [0.25, 0.3) is 11.6 Å². The molecule has 0 aliphatic heterocycles. The van der Waals surface area contributed by atoms with E-state index in [0.717, 1.165) is 5.69 Å². The normalized spacial score (nSPS) is 12.5. The molecule has 26 heavy (non-hydrogen) atoms. The van der Waals surface area contributed by atoms with Gasteiger partial charge in [0.15, 0.2) is 0 Å². The number of hydrogen-bond acceptors (Lipinski definition) is 5. The monoisotopic (exact) mass is 357 g/mol. The number of pyridine rings is 1. The fourth-order valence-corrected chi connectivity index (χ4v) is 2.68. The number of nitrogens with one attached hydrogen (secondary N) is 1. The number of amides is 1. The van der Waals surface area contributed by atoms with Gasteiger partial charge in [0.2, 0.25) is 0 Å². The number of fused-ring (bicyclic) bond motifs is 1. The van der Waals surface area contributed by atoms with Crippen molar-refractivity contribution in [2.24, 2.45) is 0 Å². The molecule has 1 aromatic carbocycles. The van der Waals surface area contributed by atoms with Crippen LogP contribution < -0.4 is 5.32 Å². The molecule has 0 spiro atoms. The van der Waals surface area contributed by atoms with Crippen molar-refractivity contribution in [2.75, 3.05) is 6.54 Å². The molecule has 0 radical (unpaired) electrons. The van der Waals surface area contributed by atoms with Crippen molar-refractivity contribution < 1.29 is 18.8 Å². The number of hydrogen-bond donors (Lipinski definition) is 2. The third-order valence-corrected chi connectivity index (χ3v) is 4.18. The Morgan fingerprint density at radius 3 is 2.65 bits per heavy atom. The van der Waals surface area contributed by atoms with E-state index in [9.17, 15) is 14.3 Å². The lowest BCUT2D eigenvalue weighted by Gasteiger charge is -2.13. The SMILES string of the molecule is Cc1noc2nc(C(C)C)cc(C(=O)NCC(O)c3ccc(F)cc3)c12. The summed E-state index contributed by atoms with van der Waals surface area (Å²) in [7, 11) is 0. The van der Waals surface area contributed by atoms with Crippen molar-refractivity contribution in [3.63, 3.8) is 0 Å². The number of aromatic nitrogens is 2. The van der Waals surface area contributed by atoms with Crippen LogP contribution in [0.1, 0.15) is 53.2 Å². The minimum Gasteiger partial charge on any atom is -0.387 e. The minimum atomic E-state index is -0.940. The van der Waals surface area contributed by atoms with Gasteiger partial charge < -0.3 is 14.9 Å². The zero-order valence-electron chi connectivity index (χ0n) is 14.8. The first-order valence-corrected chi connectivity index (χ1v) is 8.35. The fourth-order valence-electron chi connectivity index (χ4n) is 2.68. The maximum atomic E-state index is 13.0. The van der Waals surface area contributed by atoms with Crippen LogP contribution in [0.4, 0.5) is 4.39 Å². The number of benzene rings is 1. The van der Waals surface area contributed by atoms with Gasteiger partial charge in [-0.3, -0.25) is 4.79 Å². The van der Waals surface area contributed by atoms with Crippen LogP contribution in [-0.4, -0.2) is 27.7 Å². The van der Waals surface area contributed by atoms with Crippen molar-refractivity contribution in [1.82, 2.24) is 15.5 Å². The van der Waals surface area contributed by atoms with Crippen molar-refractivity contribution in [1.29, 1.82) is 0 Å². The van der Waals surface area contributed by atoms with Gasteiger partial charge in [-0.05, 0) is 36.6 Å². The summed E-state index contributed by atoms with van der Waals surface area (Å²) in [5.74, 6) is -0.624. The quantitative estimate of drug-likeness (QED) is 0.732. The van der Waals surface area contributed by atoms with Gasteiger partial charge in [0, 0.05) is 12.2 Å². The van der Waals surface area contributed by atoms with Gasteiger partial charge in [-0.2, -0.15) is 0 Å². The van der Waals surface area contributed by atoms with E-state index >= 15 is 0 Å². The molecular weight excluding hydrogens is 337 g/mol. The first kappa shape index (κ1) is 18.0. The number of nitrogens with zero attached hydrogens (tertiary/aromatic N) is 2. The highest BCUT2D eigenvalue weighted by atomic mass is 19.1. The highest BCUT2D eigenvalue weighted by Crippen LogP contribution is 2.25. The molecule has 3 rings (SSSR count). The Labute approximate surface area is 150 Å². The van der Waals surface area contributed by atoms with E-state index in [2.05, 4.69) is 15.5 Å². The molecule has 136 valence electrons. The molecule has 0 saturated heterocycles. The van der Waals surface area contributed by atoms with Crippen LogP contribution in [0.2, 0.25) is 0 Å². The summed E-state index contributed by atoms with van der Waals surface area (Å²) in [4.78, 5) is 17.1. The number of aliphatic hydroxyl groups excluding tert-OH is 1. The van der Waals surface area contributed by atoms with Crippen molar-refractivity contribution >= 4 is 17.0 Å². The maximum Gasteiger partial charge on any atom is 0.259 e. The van der Waals surface area contributed by atoms with Gasteiger partial charge in [0.1, 0.15) is 5.82 Å². The molecule has 0 bridgehead atoms. The topological polar surface area (TPSA) is 88.2 Å². The third-order valence-electron chi connectivity index (χ3n) is 4.18. The zero-order valence-corrected chi connectivity index (χ0v) is 14.8. The summed E-state index contributed by atoms with van der Waals surface area (Å²) in [6.07, 6.45) is -0.940. The molecule has 0 aliphatic rings. The second-order valence-corrected chi connectivity index (χ2v) is 6.47. The van der Waals surface area contributed by atoms with E-state index in [1.807, 2.05) is 13.8 Å². The van der Waals surface area contributed by atoms with E-state index in [0.29, 0.717) is 27.9 Å². The molecule has 3 aromatic rings. The predicted molar refractivity (Wildman–Crippen MR) is 94.3 cm³/mol. The first-order valence-electron chi connectivity index (χ1n) is 8.35. The third kappa shape index (κ3) is 3.57. The average molecular weight is 357 g/mol. The molecular formula is C19H20FN3O3. The molecule has 0 saturated carbocycles. The van der Waals surface area contributed by atoms with Crippen molar-refractivity contribution in [3.05, 3.63) is 58.7 Å². The summed E-state index contributed by atoms with van der Waals surface area (Å²) in [6.45, 7) is 5.68. The highest BCUT2D eigenvalue weighted by molar-refractivity contribution is 6.06. The Kier molecular flexibility index (Phi) is 4.99. The summed E-state index contributed by atoms with van der Waals surface area (Å²) >= 11 is 0. The Morgan fingerprint density at radius 1 is 1.31 bits per heavy atom. The number of aryl methyl sites for hydroxylation is 1. The lowest BCUT2D eigenvalue weighted by Crippen LogP contribution is -2.28. The van der Waals surface area contributed by atoms with Gasteiger partial charge in [-0.15, -0.1) is 0 Å². The van der Waals surface area contributed by atoms with Crippen LogP contribution in [0.15, 0.2) is 34.9 Å². The van der Waals surface area contributed by atoms with E-state index in [-0.39, 0.29) is 24.2 Å². The highest BCUT2D eigenvalue weighted by Gasteiger charge is 2.20. The van der Waals surface area contributed by atoms with Crippen molar-refractivity contribution in [2.45, 2.75) is 32.8 Å².